The molecule has 0 saturated heterocycles. The number of unbranched alkanes of at least 4 members (excludes halogenated alkanes) is 1. The van der Waals surface area contributed by atoms with Gasteiger partial charge in [0.25, 0.3) is 0 Å². The first-order valence-corrected chi connectivity index (χ1v) is 5.91. The highest BCUT2D eigenvalue weighted by Gasteiger charge is 1.99. The summed E-state index contributed by atoms with van der Waals surface area (Å²) in [4.78, 5) is 4.65. The molecule has 0 aliphatic heterocycles. The van der Waals surface area contributed by atoms with Crippen molar-refractivity contribution in [1.29, 1.82) is 0 Å². The van der Waals surface area contributed by atoms with E-state index in [1.54, 1.807) is 13.3 Å². The van der Waals surface area contributed by atoms with E-state index in [0.717, 1.165) is 6.42 Å². The molecule has 1 aromatic rings. The van der Waals surface area contributed by atoms with Gasteiger partial charge in [-0.25, -0.2) is 0 Å². The molecule has 0 aromatic heterocycles. The van der Waals surface area contributed by atoms with Gasteiger partial charge in [0.1, 0.15) is 7.11 Å². The van der Waals surface area contributed by atoms with Gasteiger partial charge < -0.3 is 4.84 Å². The van der Waals surface area contributed by atoms with Crippen molar-refractivity contribution in [3.05, 3.63) is 34.9 Å². The second kappa shape index (κ2) is 7.04. The van der Waals surface area contributed by atoms with E-state index in [4.69, 9.17) is 0 Å². The minimum Gasteiger partial charge on any atom is -0.399 e. The van der Waals surface area contributed by atoms with E-state index in [9.17, 15) is 0 Å². The summed E-state index contributed by atoms with van der Waals surface area (Å²) in [6, 6.07) is 6.70. The van der Waals surface area contributed by atoms with Gasteiger partial charge in [-0.1, -0.05) is 36.7 Å². The summed E-state index contributed by atoms with van der Waals surface area (Å²) in [7, 11) is 1.57. The molecule has 0 fully saturated rings. The molecular weight excluding hydrogens is 198 g/mol. The van der Waals surface area contributed by atoms with Gasteiger partial charge in [0.05, 0.1) is 0 Å². The number of oxime groups is 1. The molecule has 88 valence electrons. The Bertz CT molecular complexity index is 345. The summed E-state index contributed by atoms with van der Waals surface area (Å²) in [5.41, 5.74) is 4.10. The predicted molar refractivity (Wildman–Crippen MR) is 69.0 cm³/mol. The Morgan fingerprint density at radius 2 is 2.19 bits per heavy atom. The number of aryl methyl sites for hydroxylation is 2. The fourth-order valence-electron chi connectivity index (χ4n) is 1.73. The van der Waals surface area contributed by atoms with Crippen LogP contribution in [0.3, 0.4) is 0 Å². The molecule has 0 spiro atoms. The molecule has 0 amide bonds. The van der Waals surface area contributed by atoms with Crippen molar-refractivity contribution in [2.45, 2.75) is 39.5 Å². The Kier molecular flexibility index (Phi) is 5.62. The first-order chi connectivity index (χ1) is 7.77. The molecule has 0 radical (unpaired) electrons. The summed E-state index contributed by atoms with van der Waals surface area (Å²) in [5, 5.41) is 3.76. The summed E-state index contributed by atoms with van der Waals surface area (Å²) in [5.74, 6) is 0. The smallest absolute Gasteiger partial charge is 0.106 e. The first kappa shape index (κ1) is 12.8. The molecule has 1 rings (SSSR count). The lowest BCUT2D eigenvalue weighted by Gasteiger charge is -2.06. The molecule has 0 aliphatic carbocycles. The van der Waals surface area contributed by atoms with Crippen LogP contribution in [0, 0.1) is 6.92 Å². The highest BCUT2D eigenvalue weighted by molar-refractivity contribution is 5.61. The fraction of sp³-hybridized carbons (Fsp3) is 0.500. The van der Waals surface area contributed by atoms with E-state index >= 15 is 0 Å². The molecule has 0 bridgehead atoms. The summed E-state index contributed by atoms with van der Waals surface area (Å²) in [6.07, 6.45) is 6.34. The predicted octanol–water partition coefficient (Wildman–Crippen LogP) is 3.51. The van der Waals surface area contributed by atoms with E-state index in [-0.39, 0.29) is 0 Å². The van der Waals surface area contributed by atoms with Gasteiger partial charge in [-0.3, -0.25) is 0 Å². The third-order valence-corrected chi connectivity index (χ3v) is 2.72. The van der Waals surface area contributed by atoms with Gasteiger partial charge in [-0.15, -0.1) is 0 Å². The number of nitrogens with zero attached hydrogens (tertiary/aromatic N) is 1. The van der Waals surface area contributed by atoms with E-state index in [0.29, 0.717) is 0 Å². The normalized spacial score (nSPS) is 10.9. The fourth-order valence-corrected chi connectivity index (χ4v) is 1.73. The van der Waals surface area contributed by atoms with Gasteiger partial charge in [0.15, 0.2) is 0 Å². The monoisotopic (exact) mass is 219 g/mol. The number of hydrogen-bond donors (Lipinski definition) is 0. The van der Waals surface area contributed by atoms with Crippen LogP contribution in [0.5, 0.6) is 0 Å². The Hall–Kier alpha value is -1.31. The Morgan fingerprint density at radius 1 is 1.38 bits per heavy atom. The lowest BCUT2D eigenvalue weighted by molar-refractivity contribution is 0.215. The highest BCUT2D eigenvalue weighted by Crippen LogP contribution is 2.13. The molecule has 2 heteroatoms. The van der Waals surface area contributed by atoms with Crippen LogP contribution in [0.25, 0.3) is 0 Å². The molecule has 16 heavy (non-hydrogen) atoms. The average Bonchev–Trinajstić information content (AvgIpc) is 2.29. The summed E-state index contributed by atoms with van der Waals surface area (Å²) in [6.45, 7) is 4.38. The van der Waals surface area contributed by atoms with E-state index in [1.165, 1.54) is 36.0 Å². The molecule has 1 aromatic carbocycles. The van der Waals surface area contributed by atoms with Crippen molar-refractivity contribution in [2.75, 3.05) is 7.11 Å². The minimum atomic E-state index is 0.841. The third kappa shape index (κ3) is 4.05. The van der Waals surface area contributed by atoms with Crippen molar-refractivity contribution < 1.29 is 4.84 Å². The second-order valence-corrected chi connectivity index (χ2v) is 4.04. The number of hydrogen-bond acceptors (Lipinski definition) is 2. The maximum absolute atomic E-state index is 4.65. The first-order valence-electron chi connectivity index (χ1n) is 5.91. The Morgan fingerprint density at radius 3 is 2.81 bits per heavy atom. The van der Waals surface area contributed by atoms with Crippen LogP contribution in [0.15, 0.2) is 23.4 Å². The van der Waals surface area contributed by atoms with Crippen LogP contribution in [0.4, 0.5) is 0 Å². The van der Waals surface area contributed by atoms with Gasteiger partial charge in [-0.05, 0) is 36.5 Å². The zero-order valence-corrected chi connectivity index (χ0v) is 10.5. The molecule has 2 nitrogen and oxygen atoms in total. The molecule has 0 saturated carbocycles. The average molecular weight is 219 g/mol. The minimum absolute atomic E-state index is 0.841. The van der Waals surface area contributed by atoms with Gasteiger partial charge >= 0.3 is 0 Å². The molecule has 0 unspecified atom stereocenters. The van der Waals surface area contributed by atoms with E-state index in [1.807, 2.05) is 0 Å². The van der Waals surface area contributed by atoms with Gasteiger partial charge in [-0.2, -0.15) is 0 Å². The number of rotatable bonds is 6. The van der Waals surface area contributed by atoms with Gasteiger partial charge in [0.2, 0.25) is 0 Å². The van der Waals surface area contributed by atoms with Crippen LogP contribution in [-0.2, 0) is 17.7 Å². The zero-order valence-electron chi connectivity index (χ0n) is 10.5. The Balaban J connectivity index is 2.63. The van der Waals surface area contributed by atoms with Crippen LogP contribution >= 0.6 is 0 Å². The largest absolute Gasteiger partial charge is 0.399 e. The van der Waals surface area contributed by atoms with E-state index in [2.05, 4.69) is 42.0 Å². The standard InChI is InChI=1S/C14H21NO/c1-4-5-6-13-7-8-14(12(2)11-13)9-10-15-16-3/h7-8,10-11H,4-6,9H2,1-3H3/b15-10-. The van der Waals surface area contributed by atoms with E-state index < -0.39 is 0 Å². The summed E-state index contributed by atoms with van der Waals surface area (Å²) < 4.78 is 0. The van der Waals surface area contributed by atoms with Crippen molar-refractivity contribution in [2.24, 2.45) is 5.16 Å². The third-order valence-electron chi connectivity index (χ3n) is 2.72. The van der Waals surface area contributed by atoms with Crippen molar-refractivity contribution >= 4 is 6.21 Å². The molecular formula is C14H21NO. The molecule has 0 heterocycles. The maximum Gasteiger partial charge on any atom is 0.106 e. The van der Waals surface area contributed by atoms with Crippen molar-refractivity contribution in [1.82, 2.24) is 0 Å². The zero-order chi connectivity index (χ0) is 11.8. The Labute approximate surface area is 98.3 Å². The molecule has 0 atom stereocenters. The van der Waals surface area contributed by atoms with Crippen molar-refractivity contribution in [3.8, 4) is 0 Å². The second-order valence-electron chi connectivity index (χ2n) is 4.04. The van der Waals surface area contributed by atoms with Crippen molar-refractivity contribution in [3.63, 3.8) is 0 Å². The molecule has 0 N–H and O–H groups in total. The van der Waals surface area contributed by atoms with Crippen LogP contribution in [-0.4, -0.2) is 13.3 Å². The van der Waals surface area contributed by atoms with Gasteiger partial charge in [0, 0.05) is 12.6 Å². The van der Waals surface area contributed by atoms with Crippen LogP contribution in [0.1, 0.15) is 36.5 Å². The molecule has 0 aliphatic rings. The topological polar surface area (TPSA) is 21.6 Å². The lowest BCUT2D eigenvalue weighted by Crippen LogP contribution is -1.94. The SMILES string of the molecule is CCCCc1ccc(C/C=N\OC)c(C)c1. The summed E-state index contributed by atoms with van der Waals surface area (Å²) >= 11 is 0. The van der Waals surface area contributed by atoms with Crippen LogP contribution < -0.4 is 0 Å². The number of benzene rings is 1. The quantitative estimate of drug-likeness (QED) is 0.530. The highest BCUT2D eigenvalue weighted by atomic mass is 16.6. The lowest BCUT2D eigenvalue weighted by atomic mass is 10.0. The maximum atomic E-state index is 4.65. The van der Waals surface area contributed by atoms with Crippen LogP contribution in [0.2, 0.25) is 0 Å².